The number of fused-ring (bicyclic) bond motifs is 2. The molecule has 2 aromatic carbocycles. The van der Waals surface area contributed by atoms with Crippen molar-refractivity contribution in [3.8, 4) is 23.0 Å². The lowest BCUT2D eigenvalue weighted by atomic mass is 9.86. The van der Waals surface area contributed by atoms with Crippen LogP contribution in [0.25, 0.3) is 0 Å². The Morgan fingerprint density at radius 1 is 1.32 bits per heavy atom. The van der Waals surface area contributed by atoms with Gasteiger partial charge in [0.15, 0.2) is 17.3 Å². The molecule has 6 nitrogen and oxygen atoms in total. The third kappa shape index (κ3) is 2.96. The van der Waals surface area contributed by atoms with Gasteiger partial charge in [0, 0.05) is 12.5 Å². The third-order valence-corrected chi connectivity index (χ3v) is 5.74. The van der Waals surface area contributed by atoms with Crippen molar-refractivity contribution in [1.82, 2.24) is 0 Å². The summed E-state index contributed by atoms with van der Waals surface area (Å²) in [7, 11) is 5.48. The van der Waals surface area contributed by atoms with Gasteiger partial charge in [0.2, 0.25) is 12.5 Å². The highest BCUT2D eigenvalue weighted by molar-refractivity contribution is 5.99. The Kier molecular flexibility index (Phi) is 4.42. The van der Waals surface area contributed by atoms with Gasteiger partial charge in [-0.25, -0.2) is 4.39 Å². The van der Waals surface area contributed by atoms with E-state index in [1.807, 2.05) is 20.2 Å². The third-order valence-electron chi connectivity index (χ3n) is 5.74. The summed E-state index contributed by atoms with van der Waals surface area (Å²) < 4.78 is 30.1. The maximum atomic E-state index is 13.5. The number of nitrogens with zero attached hydrogens (tertiary/aromatic N) is 1. The lowest BCUT2D eigenvalue weighted by molar-refractivity contribution is -0.922. The Morgan fingerprint density at radius 2 is 2.11 bits per heavy atom. The van der Waals surface area contributed by atoms with E-state index >= 15 is 0 Å². The molecule has 1 atom stereocenters. The molecule has 0 saturated carbocycles. The molecular weight excluding hydrogens is 365 g/mol. The fourth-order valence-electron chi connectivity index (χ4n) is 4.11. The second-order valence-corrected chi connectivity index (χ2v) is 7.77. The number of benzene rings is 2. The summed E-state index contributed by atoms with van der Waals surface area (Å²) >= 11 is 0. The molecular formula is C21H23FNO5+. The standard InChI is InChI=1S/C21H22FNO5/c1-23(2)7-6-12-8-18-21(28-11-27-18)20(25)19(12)15(23)10-16(24)14-5-4-13(22)9-17(14)26-3/h4-5,8-9,15H,6-7,10-11H2,1-3H3/p+1. The summed E-state index contributed by atoms with van der Waals surface area (Å²) in [5.41, 5.74) is 2.01. The van der Waals surface area contributed by atoms with E-state index in [1.165, 1.54) is 25.3 Å². The second kappa shape index (κ2) is 6.67. The molecule has 0 aromatic heterocycles. The average Bonchev–Trinajstić information content (AvgIpc) is 3.13. The highest BCUT2D eigenvalue weighted by Crippen LogP contribution is 2.51. The van der Waals surface area contributed by atoms with E-state index in [0.29, 0.717) is 21.5 Å². The number of carbonyl (C=O) groups excluding carboxylic acids is 1. The van der Waals surface area contributed by atoms with Crippen molar-refractivity contribution in [2.75, 3.05) is 34.5 Å². The van der Waals surface area contributed by atoms with Crippen molar-refractivity contribution >= 4 is 5.78 Å². The number of rotatable bonds is 4. The molecule has 148 valence electrons. The molecule has 0 amide bonds. The molecule has 0 radical (unpaired) electrons. The number of ketones is 1. The van der Waals surface area contributed by atoms with E-state index in [9.17, 15) is 14.3 Å². The predicted molar refractivity (Wildman–Crippen MR) is 99.5 cm³/mol. The van der Waals surface area contributed by atoms with E-state index in [2.05, 4.69) is 0 Å². The van der Waals surface area contributed by atoms with Crippen LogP contribution in [0.2, 0.25) is 0 Å². The highest BCUT2D eigenvalue weighted by Gasteiger charge is 2.42. The highest BCUT2D eigenvalue weighted by atomic mass is 19.1. The molecule has 28 heavy (non-hydrogen) atoms. The Hall–Kier alpha value is -2.80. The summed E-state index contributed by atoms with van der Waals surface area (Å²) in [6.07, 6.45) is 0.909. The lowest BCUT2D eigenvalue weighted by Crippen LogP contribution is -2.48. The molecule has 0 spiro atoms. The van der Waals surface area contributed by atoms with Crippen LogP contribution < -0.4 is 14.2 Å². The van der Waals surface area contributed by atoms with Crippen molar-refractivity contribution in [1.29, 1.82) is 0 Å². The number of likely N-dealkylation sites (N-methyl/N-ethyl adjacent to an activating group) is 1. The maximum absolute atomic E-state index is 13.5. The number of phenolic OH excluding ortho intramolecular Hbond substituents is 1. The molecule has 2 heterocycles. The average molecular weight is 388 g/mol. The Morgan fingerprint density at radius 3 is 2.86 bits per heavy atom. The van der Waals surface area contributed by atoms with Gasteiger partial charge in [-0.3, -0.25) is 4.79 Å². The first-order valence-corrected chi connectivity index (χ1v) is 9.15. The summed E-state index contributed by atoms with van der Waals surface area (Å²) in [6, 6.07) is 5.52. The van der Waals surface area contributed by atoms with Crippen LogP contribution in [0.5, 0.6) is 23.0 Å². The predicted octanol–water partition coefficient (Wildman–Crippen LogP) is 3.22. The first-order valence-electron chi connectivity index (χ1n) is 9.15. The molecule has 2 aromatic rings. The topological polar surface area (TPSA) is 65.0 Å². The number of quaternary nitrogens is 1. The van der Waals surface area contributed by atoms with Crippen LogP contribution in [0.4, 0.5) is 4.39 Å². The Balaban J connectivity index is 1.75. The zero-order valence-electron chi connectivity index (χ0n) is 16.1. The normalized spacial score (nSPS) is 19.2. The fourth-order valence-corrected chi connectivity index (χ4v) is 4.11. The number of halogens is 1. The van der Waals surface area contributed by atoms with Crippen LogP contribution >= 0.6 is 0 Å². The number of hydrogen-bond acceptors (Lipinski definition) is 5. The van der Waals surface area contributed by atoms with Gasteiger partial charge in [0.05, 0.1) is 45.3 Å². The van der Waals surface area contributed by atoms with Gasteiger partial charge >= 0.3 is 0 Å². The summed E-state index contributed by atoms with van der Waals surface area (Å²) in [5, 5.41) is 10.9. The van der Waals surface area contributed by atoms with E-state index in [4.69, 9.17) is 14.2 Å². The minimum atomic E-state index is -0.460. The summed E-state index contributed by atoms with van der Waals surface area (Å²) in [6.45, 7) is 0.880. The number of hydrogen-bond donors (Lipinski definition) is 1. The number of ether oxygens (including phenoxy) is 3. The van der Waals surface area contributed by atoms with Crippen LogP contribution in [0.15, 0.2) is 24.3 Å². The van der Waals surface area contributed by atoms with E-state index < -0.39 is 5.82 Å². The lowest BCUT2D eigenvalue weighted by Gasteiger charge is -2.42. The van der Waals surface area contributed by atoms with Crippen molar-refractivity contribution in [2.24, 2.45) is 0 Å². The monoisotopic (exact) mass is 388 g/mol. The van der Waals surface area contributed by atoms with Crippen molar-refractivity contribution in [3.05, 3.63) is 46.8 Å². The van der Waals surface area contributed by atoms with E-state index in [-0.39, 0.29) is 36.5 Å². The molecule has 1 N–H and O–H groups in total. The quantitative estimate of drug-likeness (QED) is 0.644. The second-order valence-electron chi connectivity index (χ2n) is 7.77. The minimum absolute atomic E-state index is 0.0415. The summed E-state index contributed by atoms with van der Waals surface area (Å²) in [5.74, 6) is 0.489. The molecule has 7 heteroatoms. The summed E-state index contributed by atoms with van der Waals surface area (Å²) in [4.78, 5) is 13.1. The molecule has 4 rings (SSSR count). The van der Waals surface area contributed by atoms with Gasteiger partial charge in [-0.05, 0) is 23.8 Å². The fraction of sp³-hybridized carbons (Fsp3) is 0.381. The zero-order valence-corrected chi connectivity index (χ0v) is 16.1. The van der Waals surface area contributed by atoms with Crippen LogP contribution in [0, 0.1) is 5.82 Å². The molecule has 0 bridgehead atoms. The van der Waals surface area contributed by atoms with Crippen LogP contribution in [0.1, 0.15) is 33.9 Å². The van der Waals surface area contributed by atoms with Gasteiger partial charge in [0.1, 0.15) is 17.6 Å². The number of carbonyl (C=O) groups is 1. The number of methoxy groups -OCH3 is 1. The maximum Gasteiger partial charge on any atom is 0.231 e. The first-order chi connectivity index (χ1) is 13.3. The zero-order chi connectivity index (χ0) is 20.1. The number of Topliss-reactive ketones (excluding diaryl/α,β-unsaturated/α-hetero) is 1. The van der Waals surface area contributed by atoms with Crippen molar-refractivity contribution in [3.63, 3.8) is 0 Å². The number of aromatic hydroxyl groups is 1. The van der Waals surface area contributed by atoms with Gasteiger partial charge in [-0.15, -0.1) is 0 Å². The van der Waals surface area contributed by atoms with Crippen LogP contribution in [0.3, 0.4) is 0 Å². The van der Waals surface area contributed by atoms with Crippen LogP contribution in [-0.2, 0) is 6.42 Å². The minimum Gasteiger partial charge on any atom is -0.504 e. The Labute approximate surface area is 162 Å². The molecule has 2 aliphatic heterocycles. The largest absolute Gasteiger partial charge is 0.504 e. The van der Waals surface area contributed by atoms with E-state index in [1.54, 1.807) is 0 Å². The molecule has 1 unspecified atom stereocenters. The van der Waals surface area contributed by atoms with E-state index in [0.717, 1.165) is 24.1 Å². The molecule has 0 saturated heterocycles. The SMILES string of the molecule is COc1cc(F)ccc1C(=O)CC1c2c(cc3c(c2O)OCO3)CC[N+]1(C)C. The molecule has 2 aliphatic rings. The van der Waals surface area contributed by atoms with Crippen LogP contribution in [-0.4, -0.2) is 49.9 Å². The Bertz CT molecular complexity index is 956. The molecule has 0 fully saturated rings. The van der Waals surface area contributed by atoms with Gasteiger partial charge in [0.25, 0.3) is 0 Å². The first kappa shape index (κ1) is 18.6. The smallest absolute Gasteiger partial charge is 0.231 e. The molecule has 0 aliphatic carbocycles. The van der Waals surface area contributed by atoms with Crippen molar-refractivity contribution < 1.29 is 33.0 Å². The van der Waals surface area contributed by atoms with Gasteiger partial charge < -0.3 is 23.8 Å². The van der Waals surface area contributed by atoms with Gasteiger partial charge in [-0.1, -0.05) is 0 Å². The number of phenols is 1. The van der Waals surface area contributed by atoms with Crippen molar-refractivity contribution in [2.45, 2.75) is 18.9 Å². The van der Waals surface area contributed by atoms with Gasteiger partial charge in [-0.2, -0.15) is 0 Å².